The van der Waals surface area contributed by atoms with Crippen LogP contribution < -0.4 is 15.2 Å². The molecule has 0 unspecified atom stereocenters. The summed E-state index contributed by atoms with van der Waals surface area (Å²) in [6.07, 6.45) is -0.0721. The monoisotopic (exact) mass is 501 g/mol. The second-order valence-corrected chi connectivity index (χ2v) is 11.2. The Morgan fingerprint density at radius 3 is 2.47 bits per heavy atom. The molecule has 3 N–H and O–H groups in total. The number of piperazine rings is 1. The maximum atomic E-state index is 11.8. The highest BCUT2D eigenvalue weighted by Crippen LogP contribution is 2.33. The Kier molecular flexibility index (Phi) is 7.54. The molecule has 2 heterocycles. The van der Waals surface area contributed by atoms with Gasteiger partial charge in [0.25, 0.3) is 0 Å². The predicted octanol–water partition coefficient (Wildman–Crippen LogP) is 3.74. The molecule has 1 aliphatic heterocycles. The van der Waals surface area contributed by atoms with Crippen molar-refractivity contribution in [2.45, 2.75) is 31.4 Å². The zero-order valence-corrected chi connectivity index (χ0v) is 21.3. The van der Waals surface area contributed by atoms with E-state index in [1.807, 2.05) is 19.2 Å². The van der Waals surface area contributed by atoms with E-state index in [9.17, 15) is 8.42 Å². The zero-order chi connectivity index (χ0) is 24.3. The van der Waals surface area contributed by atoms with Crippen molar-refractivity contribution >= 4 is 32.2 Å². The Morgan fingerprint density at radius 2 is 1.82 bits per heavy atom. The first-order valence-electron chi connectivity index (χ1n) is 11.2. The number of likely N-dealkylation sites (N-methyl/N-ethyl adjacent to an activating group) is 1. The van der Waals surface area contributed by atoms with Crippen LogP contribution in [0.15, 0.2) is 52.7 Å². The van der Waals surface area contributed by atoms with E-state index < -0.39 is 10.0 Å². The van der Waals surface area contributed by atoms with Gasteiger partial charge in [-0.15, -0.1) is 11.3 Å². The van der Waals surface area contributed by atoms with E-state index in [2.05, 4.69) is 46.4 Å². The summed E-state index contributed by atoms with van der Waals surface area (Å²) in [5.41, 5.74) is 3.68. The van der Waals surface area contributed by atoms with Gasteiger partial charge in [-0.25, -0.2) is 18.5 Å². The molecule has 0 bridgehead atoms. The first kappa shape index (κ1) is 24.6. The number of nitrogens with one attached hydrogen (secondary N) is 1. The van der Waals surface area contributed by atoms with Gasteiger partial charge in [-0.2, -0.15) is 0 Å². The molecule has 0 saturated carbocycles. The van der Waals surface area contributed by atoms with Crippen LogP contribution in [0.4, 0.5) is 10.8 Å². The molecule has 4 rings (SSSR count). The van der Waals surface area contributed by atoms with Crippen LogP contribution in [0.1, 0.15) is 19.4 Å². The highest BCUT2D eigenvalue weighted by Gasteiger charge is 2.16. The van der Waals surface area contributed by atoms with Crippen molar-refractivity contribution in [1.29, 1.82) is 0 Å². The highest BCUT2D eigenvalue weighted by atomic mass is 32.2. The van der Waals surface area contributed by atoms with Crippen LogP contribution in [0.2, 0.25) is 0 Å². The molecule has 3 aromatic rings. The lowest BCUT2D eigenvalue weighted by molar-refractivity contribution is 0.148. The summed E-state index contributed by atoms with van der Waals surface area (Å²) in [6, 6.07) is 13.0. The summed E-state index contributed by atoms with van der Waals surface area (Å²) in [7, 11) is -1.67. The van der Waals surface area contributed by atoms with Crippen LogP contribution >= 0.6 is 11.3 Å². The SMILES string of the molecule is CC(C)Oc1ccc(S(N)(=O)=O)cc1Nc1nc(-c2ccc(CN3CCN(C)CC3)cc2)cs1. The topological polar surface area (TPSA) is 101 Å². The molecule has 1 aromatic heterocycles. The second-order valence-electron chi connectivity index (χ2n) is 8.81. The predicted molar refractivity (Wildman–Crippen MR) is 137 cm³/mol. The summed E-state index contributed by atoms with van der Waals surface area (Å²) < 4.78 is 29.5. The molecule has 10 heteroatoms. The normalized spacial score (nSPS) is 15.6. The summed E-state index contributed by atoms with van der Waals surface area (Å²) >= 11 is 1.44. The number of thiazole rings is 1. The lowest BCUT2D eigenvalue weighted by Gasteiger charge is -2.32. The number of rotatable bonds is 8. The Labute approximate surface area is 205 Å². The van der Waals surface area contributed by atoms with Gasteiger partial charge in [0.05, 0.1) is 22.4 Å². The largest absolute Gasteiger partial charge is 0.489 e. The van der Waals surface area contributed by atoms with Gasteiger partial charge in [0.15, 0.2) is 5.13 Å². The standard InChI is InChI=1S/C24H31N5O3S2/c1-17(2)32-23-9-8-20(34(25,30)31)14-21(23)26-24-27-22(16-33-24)19-6-4-18(5-7-19)15-29-12-10-28(3)11-13-29/h4-9,14,16-17H,10-13,15H2,1-3H3,(H,26,27)(H2,25,30,31). The minimum absolute atomic E-state index is 0.0128. The number of primary sulfonamides is 1. The third-order valence-corrected chi connectivity index (χ3v) is 7.31. The fraction of sp³-hybridized carbons (Fsp3) is 0.375. The van der Waals surface area contributed by atoms with E-state index in [-0.39, 0.29) is 11.0 Å². The van der Waals surface area contributed by atoms with Gasteiger partial charge in [0.1, 0.15) is 5.75 Å². The first-order valence-corrected chi connectivity index (χ1v) is 13.7. The van der Waals surface area contributed by atoms with Gasteiger partial charge in [-0.1, -0.05) is 24.3 Å². The van der Waals surface area contributed by atoms with E-state index in [4.69, 9.17) is 14.9 Å². The average molecular weight is 502 g/mol. The minimum atomic E-state index is -3.84. The summed E-state index contributed by atoms with van der Waals surface area (Å²) in [4.78, 5) is 9.55. The Hall–Kier alpha value is -2.50. The second kappa shape index (κ2) is 10.4. The maximum Gasteiger partial charge on any atom is 0.238 e. The van der Waals surface area contributed by atoms with Crippen molar-refractivity contribution in [3.8, 4) is 17.0 Å². The number of aromatic nitrogens is 1. The quantitative estimate of drug-likeness (QED) is 0.485. The van der Waals surface area contributed by atoms with Crippen LogP contribution in [-0.2, 0) is 16.6 Å². The number of sulfonamides is 1. The van der Waals surface area contributed by atoms with Crippen molar-refractivity contribution in [3.05, 3.63) is 53.4 Å². The van der Waals surface area contributed by atoms with Crippen molar-refractivity contribution in [2.24, 2.45) is 5.14 Å². The number of nitrogens with zero attached hydrogens (tertiary/aromatic N) is 3. The number of ether oxygens (including phenoxy) is 1. The lowest BCUT2D eigenvalue weighted by Crippen LogP contribution is -2.43. The molecule has 1 fully saturated rings. The molecule has 1 aliphatic rings. The van der Waals surface area contributed by atoms with Crippen LogP contribution in [0, 0.1) is 0 Å². The summed E-state index contributed by atoms with van der Waals surface area (Å²) in [6.45, 7) is 9.17. The van der Waals surface area contributed by atoms with Gasteiger partial charge in [0.2, 0.25) is 10.0 Å². The van der Waals surface area contributed by atoms with Crippen molar-refractivity contribution in [3.63, 3.8) is 0 Å². The van der Waals surface area contributed by atoms with E-state index in [1.165, 1.54) is 29.0 Å². The van der Waals surface area contributed by atoms with E-state index in [1.54, 1.807) is 6.07 Å². The van der Waals surface area contributed by atoms with Crippen molar-refractivity contribution in [1.82, 2.24) is 14.8 Å². The molecule has 0 amide bonds. The third-order valence-electron chi connectivity index (χ3n) is 5.64. The van der Waals surface area contributed by atoms with Gasteiger partial charge in [0, 0.05) is 43.7 Å². The van der Waals surface area contributed by atoms with E-state index >= 15 is 0 Å². The molecule has 0 spiro atoms. The fourth-order valence-electron chi connectivity index (χ4n) is 3.76. The van der Waals surface area contributed by atoms with Gasteiger partial charge in [-0.3, -0.25) is 4.90 Å². The lowest BCUT2D eigenvalue weighted by atomic mass is 10.1. The third kappa shape index (κ3) is 6.34. The van der Waals surface area contributed by atoms with Crippen molar-refractivity contribution in [2.75, 3.05) is 38.5 Å². The molecule has 1 saturated heterocycles. The minimum Gasteiger partial charge on any atom is -0.489 e. The molecular formula is C24H31N5O3S2. The molecule has 8 nitrogen and oxygen atoms in total. The number of hydrogen-bond donors (Lipinski definition) is 2. The Balaban J connectivity index is 1.48. The average Bonchev–Trinajstić information content (AvgIpc) is 3.24. The Morgan fingerprint density at radius 1 is 1.12 bits per heavy atom. The molecule has 182 valence electrons. The molecule has 34 heavy (non-hydrogen) atoms. The fourth-order valence-corrected chi connectivity index (χ4v) is 5.04. The van der Waals surface area contributed by atoms with E-state index in [0.29, 0.717) is 16.6 Å². The number of anilines is 2. The number of benzene rings is 2. The number of hydrogen-bond acceptors (Lipinski definition) is 8. The maximum absolute atomic E-state index is 11.8. The van der Waals surface area contributed by atoms with Crippen LogP contribution in [0.5, 0.6) is 5.75 Å². The highest BCUT2D eigenvalue weighted by molar-refractivity contribution is 7.89. The molecule has 2 aromatic carbocycles. The van der Waals surface area contributed by atoms with Gasteiger partial charge in [-0.05, 0) is 44.7 Å². The zero-order valence-electron chi connectivity index (χ0n) is 19.7. The first-order chi connectivity index (χ1) is 16.2. The smallest absolute Gasteiger partial charge is 0.238 e. The van der Waals surface area contributed by atoms with Crippen molar-refractivity contribution < 1.29 is 13.2 Å². The van der Waals surface area contributed by atoms with Crippen LogP contribution in [0.3, 0.4) is 0 Å². The number of nitrogens with two attached hydrogens (primary N) is 1. The van der Waals surface area contributed by atoms with Crippen LogP contribution in [0.25, 0.3) is 11.3 Å². The summed E-state index contributed by atoms with van der Waals surface area (Å²) in [5, 5.41) is 11.1. The molecule has 0 aliphatic carbocycles. The van der Waals surface area contributed by atoms with Gasteiger partial charge >= 0.3 is 0 Å². The molecule has 0 radical (unpaired) electrons. The molecular weight excluding hydrogens is 470 g/mol. The Bertz CT molecular complexity index is 1220. The van der Waals surface area contributed by atoms with Crippen LogP contribution in [-0.4, -0.2) is 62.5 Å². The van der Waals surface area contributed by atoms with Gasteiger partial charge < -0.3 is 15.0 Å². The van der Waals surface area contributed by atoms with E-state index in [0.717, 1.165) is 44.0 Å². The summed E-state index contributed by atoms with van der Waals surface area (Å²) in [5.74, 6) is 0.535. The molecule has 0 atom stereocenters.